The second-order valence-corrected chi connectivity index (χ2v) is 12.1. The van der Waals surface area contributed by atoms with Gasteiger partial charge in [-0.2, -0.15) is 14.9 Å². The number of aromatic amines is 1. The molecule has 2 unspecified atom stereocenters. The average Bonchev–Trinajstić information content (AvgIpc) is 3.56. The van der Waals surface area contributed by atoms with Gasteiger partial charge in [0.05, 0.1) is 45.5 Å². The maximum Gasteiger partial charge on any atom is 0.348 e. The molecule has 0 fully saturated rings. The number of benzene rings is 2. The highest BCUT2D eigenvalue weighted by Gasteiger charge is 2.29. The number of anilines is 2. The van der Waals surface area contributed by atoms with E-state index in [1.54, 1.807) is 13.1 Å². The Hall–Kier alpha value is -5.32. The van der Waals surface area contributed by atoms with Crippen LogP contribution < -0.4 is 21.4 Å². The van der Waals surface area contributed by atoms with Crippen LogP contribution in [0.1, 0.15) is 47.7 Å². The molecule has 2 aromatic carbocycles. The summed E-state index contributed by atoms with van der Waals surface area (Å²) in [5, 5.41) is 18.2. The molecule has 3 heterocycles. The number of aryl methyl sites for hydroxylation is 2. The van der Waals surface area contributed by atoms with E-state index in [0.717, 1.165) is 19.2 Å². The molecule has 5 rings (SSSR count). The lowest BCUT2D eigenvalue weighted by atomic mass is 9.94. The van der Waals surface area contributed by atoms with Gasteiger partial charge in [0.2, 0.25) is 10.0 Å². The van der Waals surface area contributed by atoms with Gasteiger partial charge in [0.15, 0.2) is 0 Å². The third-order valence-electron chi connectivity index (χ3n) is 7.20. The minimum Gasteiger partial charge on any atom is -0.478 e. The molecule has 17 heteroatoms. The van der Waals surface area contributed by atoms with E-state index in [4.69, 9.17) is 0 Å². The summed E-state index contributed by atoms with van der Waals surface area (Å²) >= 11 is 0. The highest BCUT2D eigenvalue weighted by atomic mass is 32.2. The molecule has 0 aliphatic rings. The number of aromatic carboxylic acids is 1. The van der Waals surface area contributed by atoms with Crippen molar-refractivity contribution in [3.05, 3.63) is 80.3 Å². The predicted molar refractivity (Wildman–Crippen MR) is 163 cm³/mol. The van der Waals surface area contributed by atoms with Crippen molar-refractivity contribution in [2.45, 2.75) is 26.2 Å². The number of hydrogen-bond donors (Lipinski definition) is 4. The molecule has 45 heavy (non-hydrogen) atoms. The van der Waals surface area contributed by atoms with Gasteiger partial charge in [-0.1, -0.05) is 0 Å². The number of carboxylic acid groups (broad SMARTS) is 1. The van der Waals surface area contributed by atoms with Crippen LogP contribution in [-0.4, -0.2) is 55.0 Å². The van der Waals surface area contributed by atoms with Gasteiger partial charge in [-0.05, 0) is 49.7 Å². The van der Waals surface area contributed by atoms with Crippen LogP contribution in [0.25, 0.3) is 33.4 Å². The second-order valence-electron chi connectivity index (χ2n) is 10.4. The zero-order chi connectivity index (χ0) is 33.0. The largest absolute Gasteiger partial charge is 0.478 e. The van der Waals surface area contributed by atoms with Crippen molar-refractivity contribution < 1.29 is 27.1 Å². The summed E-state index contributed by atoms with van der Waals surface area (Å²) in [5.74, 6) is -1.58. The smallest absolute Gasteiger partial charge is 0.348 e. The lowest BCUT2D eigenvalue weighted by Crippen LogP contribution is -2.40. The number of aromatic nitrogens is 6. The fraction of sp³-hybridized carbons (Fsp3) is 0.250. The lowest BCUT2D eigenvalue weighted by molar-refractivity contribution is 0.0697. The number of halogens is 2. The number of hydrogen-bond acceptors (Lipinski definition) is 8. The van der Waals surface area contributed by atoms with Gasteiger partial charge < -0.3 is 10.1 Å². The molecule has 236 valence electrons. The van der Waals surface area contributed by atoms with Crippen molar-refractivity contribution in [2.75, 3.05) is 16.4 Å². The number of alkyl halides is 2. The first kappa shape index (κ1) is 31.1. The molecular weight excluding hydrogens is 614 g/mol. The van der Waals surface area contributed by atoms with E-state index in [9.17, 15) is 32.3 Å². The van der Waals surface area contributed by atoms with Crippen LogP contribution in [0.5, 0.6) is 0 Å². The first-order valence-corrected chi connectivity index (χ1v) is 15.2. The van der Waals surface area contributed by atoms with Crippen LogP contribution in [0.4, 0.5) is 20.2 Å². The molecule has 14 nitrogen and oxygen atoms in total. The van der Waals surface area contributed by atoms with Crippen LogP contribution in [-0.2, 0) is 24.1 Å². The first-order valence-electron chi connectivity index (χ1n) is 13.4. The summed E-state index contributed by atoms with van der Waals surface area (Å²) < 4.78 is 60.5. The van der Waals surface area contributed by atoms with Crippen molar-refractivity contribution in [3.63, 3.8) is 0 Å². The highest BCUT2D eigenvalue weighted by molar-refractivity contribution is 7.92. The number of sulfonamides is 1. The van der Waals surface area contributed by atoms with E-state index in [2.05, 4.69) is 25.3 Å². The third kappa shape index (κ3) is 5.68. The topological polar surface area (TPSA) is 186 Å². The molecule has 0 bridgehead atoms. The van der Waals surface area contributed by atoms with E-state index in [1.165, 1.54) is 53.9 Å². The molecule has 3 aromatic heterocycles. The molecule has 0 spiro atoms. The first-order chi connectivity index (χ1) is 21.1. The van der Waals surface area contributed by atoms with Gasteiger partial charge in [-0.15, -0.1) is 0 Å². The SMILES string of the molecule is CC(F)c1cc2[nH]c(=O)n(Nc3c(C(=O)O)cc(-c4ccnn4C)c(C(C)F)c3NS(C)(=O)=O)c(=O)c2cc1-c1ccnn1C. The Balaban J connectivity index is 1.83. The Morgan fingerprint density at radius 2 is 1.56 bits per heavy atom. The van der Waals surface area contributed by atoms with E-state index in [-0.39, 0.29) is 33.3 Å². The Kier molecular flexibility index (Phi) is 7.82. The Labute approximate surface area is 254 Å². The fourth-order valence-electron chi connectivity index (χ4n) is 5.22. The molecule has 4 N–H and O–H groups in total. The Morgan fingerprint density at radius 1 is 0.956 bits per heavy atom. The number of H-pyrrole nitrogens is 1. The average molecular weight is 643 g/mol. The number of nitrogens with zero attached hydrogens (tertiary/aromatic N) is 5. The Morgan fingerprint density at radius 3 is 2.04 bits per heavy atom. The number of carbonyl (C=O) groups is 1. The molecule has 0 radical (unpaired) electrons. The zero-order valence-corrected chi connectivity index (χ0v) is 25.4. The third-order valence-corrected chi connectivity index (χ3v) is 7.77. The summed E-state index contributed by atoms with van der Waals surface area (Å²) in [6, 6.07) is 6.87. The summed E-state index contributed by atoms with van der Waals surface area (Å²) in [6.07, 6.45) is 0.281. The molecular formula is C28H28F2N8O6S. The molecule has 0 saturated carbocycles. The quantitative estimate of drug-likeness (QED) is 0.187. The van der Waals surface area contributed by atoms with Crippen LogP contribution in [0.15, 0.2) is 52.3 Å². The zero-order valence-electron chi connectivity index (χ0n) is 24.6. The molecule has 0 aliphatic heterocycles. The fourth-order valence-corrected chi connectivity index (χ4v) is 5.80. The van der Waals surface area contributed by atoms with Crippen LogP contribution in [0.2, 0.25) is 0 Å². The summed E-state index contributed by atoms with van der Waals surface area (Å²) in [5.41, 5.74) is -0.402. The van der Waals surface area contributed by atoms with E-state index < -0.39 is 56.5 Å². The second kappa shape index (κ2) is 11.3. The minimum atomic E-state index is -4.18. The number of fused-ring (bicyclic) bond motifs is 1. The standard InChI is InChI=1S/C28H28F2N8O6S/c1-13(29)15-12-20-17(10-16(15)21-6-8-31-36(21)3)26(39)38(28(42)33-20)34-24-19(27(40)41)11-18(22-7-9-32-37(22)4)23(14(2)30)25(24)35-45(5,43)44/h6-14,34-35H,1-5H3,(H,33,42)(H,40,41). The summed E-state index contributed by atoms with van der Waals surface area (Å²) in [4.78, 5) is 42.1. The van der Waals surface area contributed by atoms with E-state index >= 15 is 4.39 Å². The van der Waals surface area contributed by atoms with Gasteiger partial charge in [-0.25, -0.2) is 26.8 Å². The van der Waals surface area contributed by atoms with Gasteiger partial charge in [0.25, 0.3) is 5.56 Å². The molecule has 0 aliphatic carbocycles. The summed E-state index contributed by atoms with van der Waals surface area (Å²) in [7, 11) is -1.02. The van der Waals surface area contributed by atoms with Crippen LogP contribution in [0.3, 0.4) is 0 Å². The predicted octanol–water partition coefficient (Wildman–Crippen LogP) is 3.50. The number of carboxylic acids is 1. The number of rotatable bonds is 9. The van der Waals surface area contributed by atoms with Crippen molar-refractivity contribution >= 4 is 38.3 Å². The lowest BCUT2D eigenvalue weighted by Gasteiger charge is -2.23. The minimum absolute atomic E-state index is 0.00700. The highest BCUT2D eigenvalue weighted by Crippen LogP contribution is 2.43. The van der Waals surface area contributed by atoms with Crippen LogP contribution in [0, 0.1) is 0 Å². The summed E-state index contributed by atoms with van der Waals surface area (Å²) in [6.45, 7) is 2.41. The monoisotopic (exact) mass is 642 g/mol. The molecule has 2 atom stereocenters. The molecule has 0 amide bonds. The van der Waals surface area contributed by atoms with Crippen LogP contribution >= 0.6 is 0 Å². The maximum atomic E-state index is 15.4. The van der Waals surface area contributed by atoms with Crippen molar-refractivity contribution in [2.24, 2.45) is 14.1 Å². The van der Waals surface area contributed by atoms with E-state index in [0.29, 0.717) is 15.9 Å². The van der Waals surface area contributed by atoms with Crippen molar-refractivity contribution in [1.29, 1.82) is 0 Å². The normalized spacial score (nSPS) is 13.1. The number of nitrogens with one attached hydrogen (secondary N) is 3. The van der Waals surface area contributed by atoms with Crippen molar-refractivity contribution in [1.82, 2.24) is 29.2 Å². The van der Waals surface area contributed by atoms with Crippen molar-refractivity contribution in [3.8, 4) is 22.5 Å². The molecule has 0 saturated heterocycles. The van der Waals surface area contributed by atoms with Gasteiger partial charge in [0.1, 0.15) is 12.3 Å². The van der Waals surface area contributed by atoms with Gasteiger partial charge in [0, 0.05) is 43.2 Å². The maximum absolute atomic E-state index is 15.4. The van der Waals surface area contributed by atoms with Gasteiger partial charge >= 0.3 is 11.7 Å². The van der Waals surface area contributed by atoms with Gasteiger partial charge in [-0.3, -0.25) is 24.3 Å². The van der Waals surface area contributed by atoms with E-state index in [1.807, 2.05) is 0 Å². The molecule has 5 aromatic rings. The Bertz CT molecular complexity index is 2220.